The van der Waals surface area contributed by atoms with Crippen LogP contribution in [-0.2, 0) is 6.42 Å². The molecule has 0 saturated carbocycles. The second-order valence-electron chi connectivity index (χ2n) is 1.40. The van der Waals surface area contributed by atoms with E-state index < -0.39 is 0 Å². The normalized spacial score (nSPS) is 9.62. The summed E-state index contributed by atoms with van der Waals surface area (Å²) >= 11 is 0.968. The number of nitrogens with zero attached hydrogens (tertiary/aromatic N) is 1. The average molecular weight is 130 g/mol. The van der Waals surface area contributed by atoms with Gasteiger partial charge in [-0.25, -0.2) is 0 Å². The first-order valence-corrected chi connectivity index (χ1v) is 3.15. The van der Waals surface area contributed by atoms with Crippen LogP contribution in [0, 0.1) is 0 Å². The quantitative estimate of drug-likeness (QED) is 0.597. The Hall–Kier alpha value is -0.640. The molecule has 0 unspecified atom stereocenters. The molecule has 1 aromatic heterocycles. The van der Waals surface area contributed by atoms with E-state index in [9.17, 15) is 4.79 Å². The van der Waals surface area contributed by atoms with Crippen molar-refractivity contribution in [2.24, 2.45) is 0 Å². The number of hydrogen-bond acceptors (Lipinski definition) is 3. The Morgan fingerprint density at radius 3 is 2.88 bits per heavy atom. The smallest absolute Gasteiger partial charge is 0.300 e. The van der Waals surface area contributed by atoms with Crippen molar-refractivity contribution in [2.75, 3.05) is 0 Å². The van der Waals surface area contributed by atoms with Crippen molar-refractivity contribution in [1.29, 1.82) is 0 Å². The summed E-state index contributed by atoms with van der Waals surface area (Å²) in [4.78, 5) is 12.9. The molecule has 1 rings (SSSR count). The van der Waals surface area contributed by atoms with Crippen molar-refractivity contribution < 1.29 is 0 Å². The van der Waals surface area contributed by atoms with Crippen LogP contribution in [0.4, 0.5) is 0 Å². The van der Waals surface area contributed by atoms with E-state index in [1.165, 1.54) is 0 Å². The van der Waals surface area contributed by atoms with Crippen LogP contribution in [0.5, 0.6) is 0 Å². The summed E-state index contributed by atoms with van der Waals surface area (Å²) in [6, 6.07) is 0. The molecule has 0 radical (unpaired) electrons. The first-order valence-electron chi connectivity index (χ1n) is 2.38. The number of aryl methyl sites for hydroxylation is 1. The van der Waals surface area contributed by atoms with Gasteiger partial charge in [0.25, 0.3) is 0 Å². The molecule has 0 fully saturated rings. The Kier molecular flexibility index (Phi) is 1.43. The lowest BCUT2D eigenvalue weighted by Gasteiger charge is -1.77. The van der Waals surface area contributed by atoms with Crippen LogP contribution in [-0.4, -0.2) is 9.36 Å². The van der Waals surface area contributed by atoms with E-state index in [2.05, 4.69) is 9.36 Å². The van der Waals surface area contributed by atoms with Gasteiger partial charge in [0.2, 0.25) is 0 Å². The number of aromatic amines is 1. The monoisotopic (exact) mass is 130 g/mol. The Labute approximate surface area is 50.5 Å². The molecule has 0 saturated heterocycles. The van der Waals surface area contributed by atoms with Crippen molar-refractivity contribution in [3.63, 3.8) is 0 Å². The predicted octanol–water partition coefficient (Wildman–Crippen LogP) is 0.394. The maximum absolute atomic E-state index is 10.3. The molecule has 0 atom stereocenters. The molecule has 0 aliphatic rings. The first-order chi connectivity index (χ1) is 3.83. The molecule has 1 aromatic rings. The summed E-state index contributed by atoms with van der Waals surface area (Å²) in [6.07, 6.45) is 0.804. The molecule has 0 spiro atoms. The van der Waals surface area contributed by atoms with Gasteiger partial charge in [-0.3, -0.25) is 9.78 Å². The minimum atomic E-state index is -0.0677. The highest BCUT2D eigenvalue weighted by Gasteiger charge is 1.90. The van der Waals surface area contributed by atoms with Crippen molar-refractivity contribution in [3.05, 3.63) is 15.5 Å². The van der Waals surface area contributed by atoms with E-state index in [1.807, 2.05) is 6.92 Å². The molecule has 0 bridgehead atoms. The van der Waals surface area contributed by atoms with Gasteiger partial charge in [0.05, 0.1) is 0 Å². The number of H-pyrrole nitrogens is 1. The number of nitrogens with one attached hydrogen (secondary N) is 1. The van der Waals surface area contributed by atoms with Crippen LogP contribution in [0.25, 0.3) is 0 Å². The fourth-order valence-electron chi connectivity index (χ4n) is 0.413. The predicted molar refractivity (Wildman–Crippen MR) is 32.1 cm³/mol. The minimum Gasteiger partial charge on any atom is -0.300 e. The third-order valence-corrected chi connectivity index (χ3v) is 1.40. The molecule has 1 N–H and O–H groups in total. The molecule has 0 amide bonds. The Balaban J connectivity index is 3.01. The lowest BCUT2D eigenvalue weighted by Crippen LogP contribution is -1.93. The van der Waals surface area contributed by atoms with Crippen molar-refractivity contribution in [1.82, 2.24) is 9.36 Å². The van der Waals surface area contributed by atoms with Gasteiger partial charge in [0.15, 0.2) is 0 Å². The fraction of sp³-hybridized carbons (Fsp3) is 0.500. The minimum absolute atomic E-state index is 0.0677. The van der Waals surface area contributed by atoms with Gasteiger partial charge >= 0.3 is 4.87 Å². The van der Waals surface area contributed by atoms with Crippen LogP contribution < -0.4 is 4.87 Å². The molecule has 3 nitrogen and oxygen atoms in total. The molecule has 0 aliphatic carbocycles. The van der Waals surface area contributed by atoms with E-state index in [0.29, 0.717) is 0 Å². The molecule has 4 heteroatoms. The zero-order chi connectivity index (χ0) is 5.98. The van der Waals surface area contributed by atoms with Crippen LogP contribution >= 0.6 is 11.5 Å². The maximum Gasteiger partial charge on any atom is 0.323 e. The SMILES string of the molecule is CCc1nsc(=O)[nH]1. The molecular formula is C4H6N2OS. The summed E-state index contributed by atoms with van der Waals surface area (Å²) in [5.41, 5.74) is 0. The van der Waals surface area contributed by atoms with Gasteiger partial charge in [-0.15, -0.1) is 0 Å². The van der Waals surface area contributed by atoms with Gasteiger partial charge in [0.1, 0.15) is 5.82 Å². The fourth-order valence-corrected chi connectivity index (χ4v) is 0.944. The van der Waals surface area contributed by atoms with Crippen LogP contribution in [0.1, 0.15) is 12.7 Å². The summed E-state index contributed by atoms with van der Waals surface area (Å²) in [7, 11) is 0. The van der Waals surface area contributed by atoms with Crippen LogP contribution in [0.3, 0.4) is 0 Å². The Morgan fingerprint density at radius 1 is 1.88 bits per heavy atom. The van der Waals surface area contributed by atoms with E-state index in [-0.39, 0.29) is 4.87 Å². The molecule has 44 valence electrons. The van der Waals surface area contributed by atoms with Crippen molar-refractivity contribution >= 4 is 11.5 Å². The van der Waals surface area contributed by atoms with Gasteiger partial charge in [0, 0.05) is 18.0 Å². The third-order valence-electron chi connectivity index (χ3n) is 0.820. The summed E-state index contributed by atoms with van der Waals surface area (Å²) in [6.45, 7) is 1.95. The summed E-state index contributed by atoms with van der Waals surface area (Å²) in [5, 5.41) is 0. The van der Waals surface area contributed by atoms with E-state index >= 15 is 0 Å². The number of aromatic nitrogens is 2. The molecule has 0 aromatic carbocycles. The molecule has 8 heavy (non-hydrogen) atoms. The zero-order valence-electron chi connectivity index (χ0n) is 4.47. The maximum atomic E-state index is 10.3. The van der Waals surface area contributed by atoms with Crippen molar-refractivity contribution in [3.8, 4) is 0 Å². The van der Waals surface area contributed by atoms with Gasteiger partial charge < -0.3 is 0 Å². The highest BCUT2D eigenvalue weighted by atomic mass is 32.1. The van der Waals surface area contributed by atoms with Crippen LogP contribution in [0.2, 0.25) is 0 Å². The topological polar surface area (TPSA) is 45.8 Å². The first kappa shape index (κ1) is 5.50. The Bertz CT molecular complexity index is 214. The lowest BCUT2D eigenvalue weighted by atomic mass is 10.5. The van der Waals surface area contributed by atoms with Crippen LogP contribution in [0.15, 0.2) is 4.79 Å². The van der Waals surface area contributed by atoms with Crippen molar-refractivity contribution in [2.45, 2.75) is 13.3 Å². The number of hydrogen-bond donors (Lipinski definition) is 1. The highest BCUT2D eigenvalue weighted by molar-refractivity contribution is 7.02. The Morgan fingerprint density at radius 2 is 2.62 bits per heavy atom. The largest absolute Gasteiger partial charge is 0.323 e. The zero-order valence-corrected chi connectivity index (χ0v) is 5.29. The molecule has 1 heterocycles. The standard InChI is InChI=1S/C4H6N2OS/c1-2-3-5-4(7)8-6-3/h2H2,1H3,(H,5,6,7). The van der Waals surface area contributed by atoms with Gasteiger partial charge in [-0.05, 0) is 0 Å². The van der Waals surface area contributed by atoms with E-state index in [1.54, 1.807) is 0 Å². The summed E-state index contributed by atoms with van der Waals surface area (Å²) < 4.78 is 3.81. The van der Waals surface area contributed by atoms with E-state index in [4.69, 9.17) is 0 Å². The second kappa shape index (κ2) is 2.09. The van der Waals surface area contributed by atoms with Gasteiger partial charge in [-0.2, -0.15) is 4.37 Å². The number of rotatable bonds is 1. The molecule has 0 aliphatic heterocycles. The van der Waals surface area contributed by atoms with Gasteiger partial charge in [-0.1, -0.05) is 6.92 Å². The highest BCUT2D eigenvalue weighted by Crippen LogP contribution is 1.86. The average Bonchev–Trinajstić information content (AvgIpc) is 2.14. The van der Waals surface area contributed by atoms with E-state index in [0.717, 1.165) is 23.8 Å². The summed E-state index contributed by atoms with van der Waals surface area (Å²) in [5.74, 6) is 0.778. The lowest BCUT2D eigenvalue weighted by molar-refractivity contribution is 0.989. The second-order valence-corrected chi connectivity index (χ2v) is 2.13. The third kappa shape index (κ3) is 0.949. The molecular weight excluding hydrogens is 124 g/mol.